The molecule has 3 aliphatic rings. The van der Waals surface area contributed by atoms with Gasteiger partial charge >= 0.3 is 0 Å². The van der Waals surface area contributed by atoms with E-state index in [1.165, 1.54) is 24.8 Å². The van der Waals surface area contributed by atoms with Gasteiger partial charge in [-0.25, -0.2) is 0 Å². The van der Waals surface area contributed by atoms with Crippen LogP contribution in [0.25, 0.3) is 0 Å². The second kappa shape index (κ2) is 15.4. The summed E-state index contributed by atoms with van der Waals surface area (Å²) in [5, 5.41) is 49.4. The Labute approximate surface area is 283 Å². The molecule has 1 saturated carbocycles. The van der Waals surface area contributed by atoms with Gasteiger partial charge in [-0.05, 0) is 54.7 Å². The fraction of sp³-hybridized carbons (Fsp3) is 0.562. The lowest BCUT2D eigenvalue weighted by molar-refractivity contribution is -0.137. The number of amides is 2. The van der Waals surface area contributed by atoms with E-state index in [1.54, 1.807) is 23.9 Å². The fourth-order valence-corrected chi connectivity index (χ4v) is 7.78. The molecule has 0 radical (unpaired) electrons. The zero-order valence-electron chi connectivity index (χ0n) is 25.7. The number of thioether (sulfide) groups is 1. The van der Waals surface area contributed by atoms with E-state index in [4.69, 9.17) is 28.3 Å². The number of para-hydroxylation sites is 2. The van der Waals surface area contributed by atoms with Crippen LogP contribution in [0.15, 0.2) is 36.4 Å². The van der Waals surface area contributed by atoms with Crippen LogP contribution in [0.4, 0.5) is 11.4 Å². The summed E-state index contributed by atoms with van der Waals surface area (Å²) in [6.45, 7) is 0.854. The van der Waals surface area contributed by atoms with Gasteiger partial charge < -0.3 is 40.2 Å². The highest BCUT2D eigenvalue weighted by Crippen LogP contribution is 2.41. The van der Waals surface area contributed by atoms with E-state index in [1.807, 2.05) is 23.1 Å². The minimum atomic E-state index is -1.77. The third-order valence-corrected chi connectivity index (χ3v) is 10.7. The molecule has 0 unspecified atom stereocenters. The maximum absolute atomic E-state index is 13.9. The van der Waals surface area contributed by atoms with Gasteiger partial charge in [0.25, 0.3) is 0 Å². The highest BCUT2D eigenvalue weighted by Gasteiger charge is 2.40. The molecule has 5 rings (SSSR count). The fourth-order valence-electron chi connectivity index (χ4n) is 6.07. The summed E-state index contributed by atoms with van der Waals surface area (Å²) in [6.07, 6.45) is -3.96. The molecule has 2 heterocycles. The van der Waals surface area contributed by atoms with Gasteiger partial charge in [0.1, 0.15) is 24.4 Å². The maximum atomic E-state index is 13.9. The van der Waals surface area contributed by atoms with E-state index in [-0.39, 0.29) is 37.2 Å². The highest BCUT2D eigenvalue weighted by atomic mass is 35.5. The molecule has 1 saturated heterocycles. The van der Waals surface area contributed by atoms with Crippen LogP contribution in [-0.4, -0.2) is 129 Å². The lowest BCUT2D eigenvalue weighted by Gasteiger charge is -2.39. The largest absolute Gasteiger partial charge is 0.394 e. The number of aliphatic hydroxyl groups excluding tert-OH is 5. The summed E-state index contributed by atoms with van der Waals surface area (Å²) in [7, 11) is 1.45. The third-order valence-electron chi connectivity index (χ3n) is 8.97. The number of carbonyl (C=O) groups excluding carboxylic acids is 2. The van der Waals surface area contributed by atoms with Crippen LogP contribution in [0, 0.1) is 0 Å². The van der Waals surface area contributed by atoms with Gasteiger partial charge in [-0.2, -0.15) is 0 Å². The van der Waals surface area contributed by atoms with Gasteiger partial charge in [-0.3, -0.25) is 14.5 Å². The first-order chi connectivity index (χ1) is 22.0. The Morgan fingerprint density at radius 1 is 0.978 bits per heavy atom. The molecule has 46 heavy (non-hydrogen) atoms. The van der Waals surface area contributed by atoms with Crippen molar-refractivity contribution in [3.8, 4) is 0 Å². The van der Waals surface area contributed by atoms with Crippen LogP contribution in [0.1, 0.15) is 30.4 Å². The average Bonchev–Trinajstić information content (AvgIpc) is 3.80. The van der Waals surface area contributed by atoms with E-state index in [2.05, 4.69) is 15.9 Å². The molecule has 0 aromatic heterocycles. The standard InChI is InChI=1S/C32H42Cl2N4O7S/c1-35(15-27(40)30(43)31(44)28(41)16-39)29(42)9-6-19-12-23(34)20(13-22(19)33)14-36-18-46-17-26(36)32(45)38-11-10-37(21-7-8-21)24-4-2-3-5-25(24)38/h2-5,12-13,21,26-28,30-31,39-41,43-44H,6-11,14-18H2,1H3/t26-,27-,28+,30+,31-/m0/s1. The third kappa shape index (κ3) is 7.94. The zero-order chi connectivity index (χ0) is 33.1. The number of likely N-dealkylation sites (N-methyl/N-ethyl adjacent to an activating group) is 1. The minimum Gasteiger partial charge on any atom is -0.394 e. The van der Waals surface area contributed by atoms with Crippen LogP contribution in [0.3, 0.4) is 0 Å². The lowest BCUT2D eigenvalue weighted by atomic mass is 10.0. The molecule has 252 valence electrons. The first-order valence-corrected chi connectivity index (χ1v) is 17.4. The van der Waals surface area contributed by atoms with Gasteiger partial charge in [-0.15, -0.1) is 11.8 Å². The Morgan fingerprint density at radius 2 is 1.63 bits per heavy atom. The molecule has 11 nitrogen and oxygen atoms in total. The van der Waals surface area contributed by atoms with Crippen LogP contribution in [-0.2, 0) is 22.6 Å². The van der Waals surface area contributed by atoms with E-state index in [0.717, 1.165) is 23.5 Å². The van der Waals surface area contributed by atoms with E-state index < -0.39 is 31.0 Å². The number of anilines is 2. The predicted molar refractivity (Wildman–Crippen MR) is 179 cm³/mol. The number of benzene rings is 2. The number of hydrogen-bond donors (Lipinski definition) is 5. The Kier molecular flexibility index (Phi) is 11.8. The number of fused-ring (bicyclic) bond motifs is 1. The number of aliphatic hydroxyl groups is 5. The van der Waals surface area contributed by atoms with Crippen LogP contribution in [0.2, 0.25) is 10.0 Å². The Hall–Kier alpha value is -2.13. The van der Waals surface area contributed by atoms with Crippen molar-refractivity contribution in [1.29, 1.82) is 0 Å². The highest BCUT2D eigenvalue weighted by molar-refractivity contribution is 7.99. The van der Waals surface area contributed by atoms with Gasteiger partial charge in [-0.1, -0.05) is 35.3 Å². The molecule has 14 heteroatoms. The lowest BCUT2D eigenvalue weighted by Crippen LogP contribution is -2.52. The van der Waals surface area contributed by atoms with Crippen molar-refractivity contribution in [3.63, 3.8) is 0 Å². The van der Waals surface area contributed by atoms with E-state index in [0.29, 0.717) is 46.4 Å². The second-order valence-electron chi connectivity index (χ2n) is 12.3. The SMILES string of the molecule is CN(C[C@H](O)[C@@H](O)[C@@H](O)[C@H](O)CO)C(=O)CCc1cc(Cl)c(CN2CSC[C@H]2C(=O)N2CCN(C3CC3)c3ccccc32)cc1Cl. The Balaban J connectivity index is 1.18. The van der Waals surface area contributed by atoms with Crippen molar-refractivity contribution in [2.24, 2.45) is 0 Å². The maximum Gasteiger partial charge on any atom is 0.245 e. The zero-order valence-corrected chi connectivity index (χ0v) is 28.0. The summed E-state index contributed by atoms with van der Waals surface area (Å²) >= 11 is 15.1. The summed E-state index contributed by atoms with van der Waals surface area (Å²) in [5.74, 6) is 1.13. The monoisotopic (exact) mass is 696 g/mol. The molecule has 2 aromatic rings. The van der Waals surface area contributed by atoms with Crippen LogP contribution < -0.4 is 9.80 Å². The average molecular weight is 698 g/mol. The smallest absolute Gasteiger partial charge is 0.245 e. The Morgan fingerprint density at radius 3 is 2.33 bits per heavy atom. The molecule has 2 aliphatic heterocycles. The van der Waals surface area contributed by atoms with Crippen molar-refractivity contribution in [2.75, 3.05) is 54.7 Å². The summed E-state index contributed by atoms with van der Waals surface area (Å²) in [5.41, 5.74) is 3.56. The molecule has 2 fully saturated rings. The van der Waals surface area contributed by atoms with Crippen molar-refractivity contribution in [2.45, 2.75) is 68.7 Å². The van der Waals surface area contributed by atoms with Gasteiger partial charge in [0.2, 0.25) is 11.8 Å². The number of aryl methyl sites for hydroxylation is 1. The first-order valence-electron chi connectivity index (χ1n) is 15.5. The topological polar surface area (TPSA) is 148 Å². The Bertz CT molecular complexity index is 1400. The number of hydrogen-bond acceptors (Lipinski definition) is 10. The molecule has 2 aromatic carbocycles. The van der Waals surface area contributed by atoms with Crippen molar-refractivity contribution >= 4 is 58.2 Å². The molecule has 5 atom stereocenters. The number of halogens is 2. The van der Waals surface area contributed by atoms with Crippen molar-refractivity contribution in [1.82, 2.24) is 9.80 Å². The molecular weight excluding hydrogens is 655 g/mol. The van der Waals surface area contributed by atoms with Crippen molar-refractivity contribution < 1.29 is 35.1 Å². The molecule has 0 bridgehead atoms. The summed E-state index contributed by atoms with van der Waals surface area (Å²) in [4.78, 5) is 34.4. The first kappa shape index (κ1) is 35.2. The summed E-state index contributed by atoms with van der Waals surface area (Å²) < 4.78 is 0. The van der Waals surface area contributed by atoms with Crippen LogP contribution in [0.5, 0.6) is 0 Å². The molecular formula is C32H42Cl2N4O7S. The number of carbonyl (C=O) groups is 2. The van der Waals surface area contributed by atoms with Crippen molar-refractivity contribution in [3.05, 3.63) is 57.6 Å². The minimum absolute atomic E-state index is 0.0470. The predicted octanol–water partition coefficient (Wildman–Crippen LogP) is 1.71. The number of rotatable bonds is 13. The quantitative estimate of drug-likeness (QED) is 0.210. The normalized spacial score (nSPS) is 21.1. The second-order valence-corrected chi connectivity index (χ2v) is 14.1. The van der Waals surface area contributed by atoms with Gasteiger partial charge in [0, 0.05) is 67.4 Å². The molecule has 5 N–H and O–H groups in total. The van der Waals surface area contributed by atoms with Gasteiger partial charge in [0.15, 0.2) is 0 Å². The van der Waals surface area contributed by atoms with E-state index in [9.17, 15) is 30.0 Å². The van der Waals surface area contributed by atoms with E-state index >= 15 is 0 Å². The van der Waals surface area contributed by atoms with Gasteiger partial charge in [0.05, 0.1) is 24.0 Å². The molecule has 0 spiro atoms. The van der Waals surface area contributed by atoms with Crippen LogP contribution >= 0.6 is 35.0 Å². The molecule has 1 aliphatic carbocycles. The summed E-state index contributed by atoms with van der Waals surface area (Å²) in [6, 6.07) is 12.0. The number of nitrogens with zero attached hydrogens (tertiary/aromatic N) is 4. The molecule has 2 amide bonds.